The van der Waals surface area contributed by atoms with Crippen molar-refractivity contribution in [2.45, 2.75) is 20.3 Å². The summed E-state index contributed by atoms with van der Waals surface area (Å²) in [5.41, 5.74) is 5.17. The number of carbonyl (C=O) groups excluding carboxylic acids is 1. The van der Waals surface area contributed by atoms with Crippen LogP contribution in [0.2, 0.25) is 0 Å². The molecule has 0 fully saturated rings. The molecule has 6 heteroatoms. The second kappa shape index (κ2) is 8.89. The maximum absolute atomic E-state index is 12.2. The molecule has 27 heavy (non-hydrogen) atoms. The smallest absolute Gasteiger partial charge is 0.271 e. The van der Waals surface area contributed by atoms with Crippen molar-refractivity contribution in [3.8, 4) is 5.75 Å². The fourth-order valence-corrected chi connectivity index (χ4v) is 2.37. The molecule has 1 heterocycles. The van der Waals surface area contributed by atoms with Crippen molar-refractivity contribution in [1.82, 2.24) is 15.4 Å². The Bertz CT molecular complexity index is 936. The first kappa shape index (κ1) is 18.5. The summed E-state index contributed by atoms with van der Waals surface area (Å²) in [6.45, 7) is 4.97. The average Bonchev–Trinajstić information content (AvgIpc) is 2.68. The molecule has 0 unspecified atom stereocenters. The zero-order valence-electron chi connectivity index (χ0n) is 15.4. The molecule has 0 aliphatic carbocycles. The van der Waals surface area contributed by atoms with Crippen molar-refractivity contribution in [2.75, 3.05) is 6.61 Å². The molecule has 0 spiro atoms. The fraction of sp³-hybridized carbons (Fsp3) is 0.238. The second-order valence-corrected chi connectivity index (χ2v) is 6.54. The number of fused-ring (bicyclic) bond motifs is 1. The Balaban J connectivity index is 1.55. The normalized spacial score (nSPS) is 11.2. The van der Waals surface area contributed by atoms with E-state index in [9.17, 15) is 4.79 Å². The van der Waals surface area contributed by atoms with Crippen LogP contribution in [0.1, 0.15) is 36.3 Å². The van der Waals surface area contributed by atoms with Gasteiger partial charge in [0.1, 0.15) is 11.4 Å². The van der Waals surface area contributed by atoms with Crippen molar-refractivity contribution in [3.63, 3.8) is 0 Å². The van der Waals surface area contributed by atoms with Gasteiger partial charge >= 0.3 is 0 Å². The topological polar surface area (TPSA) is 76.5 Å². The van der Waals surface area contributed by atoms with Crippen LogP contribution >= 0.6 is 0 Å². The van der Waals surface area contributed by atoms with Gasteiger partial charge in [0.2, 0.25) is 0 Å². The Labute approximate surface area is 158 Å². The molecule has 3 aromatic rings. The third-order valence-electron chi connectivity index (χ3n) is 3.91. The van der Waals surface area contributed by atoms with Gasteiger partial charge in [-0.1, -0.05) is 26.0 Å². The van der Waals surface area contributed by atoms with Crippen LogP contribution in [0, 0.1) is 5.92 Å². The molecule has 0 aliphatic rings. The molecule has 1 aromatic heterocycles. The molecule has 1 N–H and O–H groups in total. The van der Waals surface area contributed by atoms with Gasteiger partial charge in [0, 0.05) is 5.56 Å². The van der Waals surface area contributed by atoms with Gasteiger partial charge in [-0.2, -0.15) is 5.10 Å². The van der Waals surface area contributed by atoms with Gasteiger partial charge < -0.3 is 4.74 Å². The summed E-state index contributed by atoms with van der Waals surface area (Å²) in [4.78, 5) is 20.9. The minimum Gasteiger partial charge on any atom is -0.494 e. The standard InChI is InChI=1S/C21H22N4O2/c1-15(2)11-12-27-18-9-7-16(8-10-18)21(26)25-23-14-17-13-22-19-5-3-4-6-20(19)24-17/h3-10,13-15H,11-12H2,1-2H3,(H,25,26)/b23-14-. The van der Waals surface area contributed by atoms with Gasteiger partial charge in [0.25, 0.3) is 5.91 Å². The molecule has 1 amide bonds. The highest BCUT2D eigenvalue weighted by atomic mass is 16.5. The highest BCUT2D eigenvalue weighted by Crippen LogP contribution is 2.13. The van der Waals surface area contributed by atoms with Crippen molar-refractivity contribution in [3.05, 3.63) is 66.0 Å². The minimum atomic E-state index is -0.297. The molecular weight excluding hydrogens is 340 g/mol. The number of hydrogen-bond acceptors (Lipinski definition) is 5. The summed E-state index contributed by atoms with van der Waals surface area (Å²) in [6.07, 6.45) is 4.08. The number of hydrogen-bond donors (Lipinski definition) is 1. The molecule has 138 valence electrons. The van der Waals surface area contributed by atoms with Crippen LogP contribution in [-0.2, 0) is 0 Å². The van der Waals surface area contributed by atoms with E-state index in [2.05, 4.69) is 34.3 Å². The van der Waals surface area contributed by atoms with Gasteiger partial charge in [0.05, 0.1) is 30.1 Å². The number of hydrazone groups is 1. The van der Waals surface area contributed by atoms with Crippen LogP contribution in [0.25, 0.3) is 11.0 Å². The molecule has 0 radical (unpaired) electrons. The van der Waals surface area contributed by atoms with Crippen LogP contribution in [0.15, 0.2) is 59.8 Å². The molecule has 0 saturated heterocycles. The Kier molecular flexibility index (Phi) is 6.10. The summed E-state index contributed by atoms with van der Waals surface area (Å²) in [5, 5.41) is 3.96. The third-order valence-corrected chi connectivity index (χ3v) is 3.91. The van der Waals surface area contributed by atoms with Gasteiger partial charge in [-0.3, -0.25) is 9.78 Å². The molecule has 0 saturated carbocycles. The molecule has 6 nitrogen and oxygen atoms in total. The zero-order chi connectivity index (χ0) is 19.1. The lowest BCUT2D eigenvalue weighted by Crippen LogP contribution is -2.17. The van der Waals surface area contributed by atoms with E-state index < -0.39 is 0 Å². The average molecular weight is 362 g/mol. The Morgan fingerprint density at radius 2 is 1.89 bits per heavy atom. The number of ether oxygens (including phenoxy) is 1. The van der Waals surface area contributed by atoms with Gasteiger partial charge in [-0.15, -0.1) is 0 Å². The summed E-state index contributed by atoms with van der Waals surface area (Å²) >= 11 is 0. The highest BCUT2D eigenvalue weighted by molar-refractivity contribution is 5.95. The van der Waals surface area contributed by atoms with E-state index in [4.69, 9.17) is 4.74 Å². The predicted octanol–water partition coefficient (Wildman–Crippen LogP) is 3.82. The number of amides is 1. The first-order valence-electron chi connectivity index (χ1n) is 8.90. The van der Waals surface area contributed by atoms with Crippen molar-refractivity contribution in [2.24, 2.45) is 11.0 Å². The quantitative estimate of drug-likeness (QED) is 0.512. The molecule has 0 aliphatic heterocycles. The summed E-state index contributed by atoms with van der Waals surface area (Å²) in [6, 6.07) is 14.6. The molecular formula is C21H22N4O2. The summed E-state index contributed by atoms with van der Waals surface area (Å²) in [7, 11) is 0. The second-order valence-electron chi connectivity index (χ2n) is 6.54. The number of carbonyl (C=O) groups is 1. The minimum absolute atomic E-state index is 0.297. The number of nitrogens with zero attached hydrogens (tertiary/aromatic N) is 3. The van der Waals surface area contributed by atoms with Crippen molar-refractivity contribution in [1.29, 1.82) is 0 Å². The van der Waals surface area contributed by atoms with Crippen LogP contribution < -0.4 is 10.2 Å². The number of aromatic nitrogens is 2. The van der Waals surface area contributed by atoms with E-state index in [0.717, 1.165) is 23.2 Å². The Morgan fingerprint density at radius 1 is 1.15 bits per heavy atom. The Morgan fingerprint density at radius 3 is 2.63 bits per heavy atom. The maximum Gasteiger partial charge on any atom is 0.271 e. The van der Waals surface area contributed by atoms with E-state index >= 15 is 0 Å². The van der Waals surface area contributed by atoms with Gasteiger partial charge in [-0.25, -0.2) is 10.4 Å². The summed E-state index contributed by atoms with van der Waals surface area (Å²) in [5.74, 6) is 1.05. The Hall–Kier alpha value is -3.28. The number of para-hydroxylation sites is 2. The number of benzene rings is 2. The lowest BCUT2D eigenvalue weighted by molar-refractivity contribution is 0.0955. The van der Waals surface area contributed by atoms with E-state index in [0.29, 0.717) is 23.8 Å². The maximum atomic E-state index is 12.2. The zero-order valence-corrected chi connectivity index (χ0v) is 15.4. The molecule has 2 aromatic carbocycles. The van der Waals surface area contributed by atoms with Crippen molar-refractivity contribution < 1.29 is 9.53 Å². The number of rotatable bonds is 7. The van der Waals surface area contributed by atoms with E-state index in [1.807, 2.05) is 24.3 Å². The van der Waals surface area contributed by atoms with E-state index in [1.165, 1.54) is 6.21 Å². The summed E-state index contributed by atoms with van der Waals surface area (Å²) < 4.78 is 5.65. The fourth-order valence-electron chi connectivity index (χ4n) is 2.37. The van der Waals surface area contributed by atoms with Gasteiger partial charge in [0.15, 0.2) is 0 Å². The van der Waals surface area contributed by atoms with Crippen molar-refractivity contribution >= 4 is 23.2 Å². The van der Waals surface area contributed by atoms with Crippen LogP contribution in [0.5, 0.6) is 5.75 Å². The van der Waals surface area contributed by atoms with Gasteiger partial charge in [-0.05, 0) is 48.7 Å². The SMILES string of the molecule is CC(C)CCOc1ccc(C(=O)N/N=C\c2cnc3ccccc3n2)cc1. The van der Waals surface area contributed by atoms with Crippen LogP contribution in [0.4, 0.5) is 0 Å². The highest BCUT2D eigenvalue weighted by Gasteiger charge is 2.05. The molecule has 3 rings (SSSR count). The van der Waals surface area contributed by atoms with Crippen LogP contribution in [-0.4, -0.2) is 28.7 Å². The molecule has 0 bridgehead atoms. The monoisotopic (exact) mass is 362 g/mol. The largest absolute Gasteiger partial charge is 0.494 e. The van der Waals surface area contributed by atoms with E-state index in [1.54, 1.807) is 30.5 Å². The lowest BCUT2D eigenvalue weighted by Gasteiger charge is -2.08. The molecule has 0 atom stereocenters. The predicted molar refractivity (Wildman–Crippen MR) is 106 cm³/mol. The van der Waals surface area contributed by atoms with Crippen LogP contribution in [0.3, 0.4) is 0 Å². The number of nitrogens with one attached hydrogen (secondary N) is 1. The lowest BCUT2D eigenvalue weighted by atomic mass is 10.1. The first-order valence-corrected chi connectivity index (χ1v) is 8.90. The van der Waals surface area contributed by atoms with E-state index in [-0.39, 0.29) is 5.91 Å². The third kappa shape index (κ3) is 5.34. The first-order chi connectivity index (χ1) is 13.1.